The summed E-state index contributed by atoms with van der Waals surface area (Å²) in [6, 6.07) is 9.74. The molecule has 0 bridgehead atoms. The third kappa shape index (κ3) is 3.06. The molecule has 3 aromatic rings. The molecule has 0 atom stereocenters. The molecule has 2 heterocycles. The van der Waals surface area contributed by atoms with Crippen molar-refractivity contribution in [1.82, 2.24) is 15.2 Å². The van der Waals surface area contributed by atoms with Crippen LogP contribution in [0.15, 0.2) is 48.9 Å². The van der Waals surface area contributed by atoms with Gasteiger partial charge in [-0.2, -0.15) is 5.10 Å². The molecule has 0 fully saturated rings. The number of ether oxygens (including phenoxy) is 1. The number of aromatic amines is 1. The molecule has 2 aromatic heterocycles. The van der Waals surface area contributed by atoms with Crippen LogP contribution in [0.5, 0.6) is 5.88 Å². The topological polar surface area (TPSA) is 50.8 Å². The molecule has 5 heteroatoms. The lowest BCUT2D eigenvalue weighted by molar-refractivity contribution is 0.399. The summed E-state index contributed by atoms with van der Waals surface area (Å²) >= 11 is 6.07. The van der Waals surface area contributed by atoms with Crippen LogP contribution < -0.4 is 4.74 Å². The number of methoxy groups -OCH3 is 1. The van der Waals surface area contributed by atoms with E-state index >= 15 is 0 Å². The first-order valence-electron chi connectivity index (χ1n) is 6.53. The van der Waals surface area contributed by atoms with Crippen LogP contribution in [-0.2, 0) is 6.42 Å². The van der Waals surface area contributed by atoms with Gasteiger partial charge in [0, 0.05) is 29.4 Å². The molecule has 1 aromatic carbocycles. The number of benzene rings is 1. The average Bonchev–Trinajstić information content (AvgIpc) is 3.00. The maximum atomic E-state index is 6.07. The standard InChI is InChI=1S/C16H14ClN3O/c1-21-16-15(13-3-2-4-14(17)7-13)6-11(8-18-16)5-12-9-19-20-10-12/h2-4,6-10H,5H2,1H3,(H,19,20). The summed E-state index contributed by atoms with van der Waals surface area (Å²) in [5.41, 5.74) is 4.12. The first-order valence-corrected chi connectivity index (χ1v) is 6.90. The molecule has 0 aliphatic heterocycles. The van der Waals surface area contributed by atoms with Crippen molar-refractivity contribution in [1.29, 1.82) is 0 Å². The van der Waals surface area contributed by atoms with Crippen LogP contribution >= 0.6 is 11.6 Å². The van der Waals surface area contributed by atoms with Crippen molar-refractivity contribution >= 4 is 11.6 Å². The first kappa shape index (κ1) is 13.6. The molecule has 0 saturated heterocycles. The van der Waals surface area contributed by atoms with Crippen LogP contribution in [0, 0.1) is 0 Å². The van der Waals surface area contributed by atoms with Crippen LogP contribution in [0.4, 0.5) is 0 Å². The largest absolute Gasteiger partial charge is 0.481 e. The van der Waals surface area contributed by atoms with Gasteiger partial charge in [-0.15, -0.1) is 0 Å². The minimum atomic E-state index is 0.591. The molecule has 106 valence electrons. The lowest BCUT2D eigenvalue weighted by atomic mass is 10.0. The number of halogens is 1. The van der Waals surface area contributed by atoms with Gasteiger partial charge in [-0.05, 0) is 34.9 Å². The molecule has 0 saturated carbocycles. The van der Waals surface area contributed by atoms with E-state index in [0.29, 0.717) is 10.9 Å². The van der Waals surface area contributed by atoms with Crippen molar-refractivity contribution in [3.63, 3.8) is 0 Å². The lowest BCUT2D eigenvalue weighted by Gasteiger charge is -2.10. The van der Waals surface area contributed by atoms with Gasteiger partial charge >= 0.3 is 0 Å². The summed E-state index contributed by atoms with van der Waals surface area (Å²) in [7, 11) is 1.62. The number of nitrogens with zero attached hydrogens (tertiary/aromatic N) is 2. The third-order valence-corrected chi connectivity index (χ3v) is 3.43. The zero-order valence-electron chi connectivity index (χ0n) is 11.5. The molecule has 0 radical (unpaired) electrons. The molecule has 3 rings (SSSR count). The van der Waals surface area contributed by atoms with Gasteiger partial charge in [0.25, 0.3) is 0 Å². The zero-order chi connectivity index (χ0) is 14.7. The third-order valence-electron chi connectivity index (χ3n) is 3.20. The fourth-order valence-corrected chi connectivity index (χ4v) is 2.42. The molecule has 1 N–H and O–H groups in total. The Kier molecular flexibility index (Phi) is 3.88. The SMILES string of the molecule is COc1ncc(Cc2cn[nH]c2)cc1-c1cccc(Cl)c1. The van der Waals surface area contributed by atoms with Crippen molar-refractivity contribution < 1.29 is 4.74 Å². The minimum Gasteiger partial charge on any atom is -0.481 e. The Balaban J connectivity index is 2.01. The summed E-state index contributed by atoms with van der Waals surface area (Å²) in [6.45, 7) is 0. The Morgan fingerprint density at radius 2 is 2.10 bits per heavy atom. The second-order valence-corrected chi connectivity index (χ2v) is 5.13. The van der Waals surface area contributed by atoms with Crippen molar-refractivity contribution in [3.05, 3.63) is 65.1 Å². The number of pyridine rings is 1. The van der Waals surface area contributed by atoms with Gasteiger partial charge in [0.15, 0.2) is 0 Å². The van der Waals surface area contributed by atoms with E-state index in [1.165, 1.54) is 0 Å². The molecule has 0 unspecified atom stereocenters. The first-order chi connectivity index (χ1) is 10.3. The van der Waals surface area contributed by atoms with E-state index in [2.05, 4.69) is 21.2 Å². The number of nitrogens with one attached hydrogen (secondary N) is 1. The van der Waals surface area contributed by atoms with Crippen LogP contribution in [0.3, 0.4) is 0 Å². The number of H-pyrrole nitrogens is 1. The monoisotopic (exact) mass is 299 g/mol. The highest BCUT2D eigenvalue weighted by Crippen LogP contribution is 2.30. The van der Waals surface area contributed by atoms with E-state index in [1.54, 1.807) is 7.11 Å². The summed E-state index contributed by atoms with van der Waals surface area (Å²) in [5, 5.41) is 7.46. The highest BCUT2D eigenvalue weighted by Gasteiger charge is 2.10. The molecule has 4 nitrogen and oxygen atoms in total. The second-order valence-electron chi connectivity index (χ2n) is 4.69. The van der Waals surface area contributed by atoms with Gasteiger partial charge in [-0.3, -0.25) is 5.10 Å². The van der Waals surface area contributed by atoms with Gasteiger partial charge in [0.2, 0.25) is 5.88 Å². The fourth-order valence-electron chi connectivity index (χ4n) is 2.23. The van der Waals surface area contributed by atoms with E-state index < -0.39 is 0 Å². The Hall–Kier alpha value is -2.33. The summed E-state index contributed by atoms with van der Waals surface area (Å²) < 4.78 is 5.36. The minimum absolute atomic E-state index is 0.591. The predicted octanol–water partition coefficient (Wildman–Crippen LogP) is 3.72. The van der Waals surface area contributed by atoms with E-state index in [4.69, 9.17) is 16.3 Å². The zero-order valence-corrected chi connectivity index (χ0v) is 12.3. The van der Waals surface area contributed by atoms with Gasteiger partial charge in [0.05, 0.1) is 13.3 Å². The number of rotatable bonds is 4. The molecule has 21 heavy (non-hydrogen) atoms. The number of aromatic nitrogens is 3. The lowest BCUT2D eigenvalue weighted by Crippen LogP contribution is -1.95. The molecule has 0 spiro atoms. The Morgan fingerprint density at radius 1 is 1.19 bits per heavy atom. The maximum Gasteiger partial charge on any atom is 0.221 e. The molecular weight excluding hydrogens is 286 g/mol. The highest BCUT2D eigenvalue weighted by molar-refractivity contribution is 6.30. The van der Waals surface area contributed by atoms with Crippen molar-refractivity contribution in [2.75, 3.05) is 7.11 Å². The molecule has 0 aliphatic rings. The predicted molar refractivity (Wildman–Crippen MR) is 82.6 cm³/mol. The maximum absolute atomic E-state index is 6.07. The van der Waals surface area contributed by atoms with Crippen molar-refractivity contribution in [2.45, 2.75) is 6.42 Å². The van der Waals surface area contributed by atoms with Crippen LogP contribution in [0.25, 0.3) is 11.1 Å². The van der Waals surface area contributed by atoms with Gasteiger partial charge < -0.3 is 4.74 Å². The van der Waals surface area contributed by atoms with Crippen molar-refractivity contribution in [2.24, 2.45) is 0 Å². The Bertz CT molecular complexity index is 741. The quantitative estimate of drug-likeness (QED) is 0.798. The number of hydrogen-bond donors (Lipinski definition) is 1. The van der Waals surface area contributed by atoms with Crippen LogP contribution in [-0.4, -0.2) is 22.3 Å². The van der Waals surface area contributed by atoms with Gasteiger partial charge in [0.1, 0.15) is 0 Å². The molecule has 0 amide bonds. The Labute approximate surface area is 127 Å². The van der Waals surface area contributed by atoms with Crippen LogP contribution in [0.1, 0.15) is 11.1 Å². The molecule has 0 aliphatic carbocycles. The highest BCUT2D eigenvalue weighted by atomic mass is 35.5. The van der Waals surface area contributed by atoms with E-state index in [0.717, 1.165) is 28.7 Å². The van der Waals surface area contributed by atoms with E-state index in [1.807, 2.05) is 42.9 Å². The van der Waals surface area contributed by atoms with E-state index in [9.17, 15) is 0 Å². The van der Waals surface area contributed by atoms with Crippen LogP contribution in [0.2, 0.25) is 5.02 Å². The average molecular weight is 300 g/mol. The summed E-state index contributed by atoms with van der Waals surface area (Å²) in [5.74, 6) is 0.591. The molecular formula is C16H14ClN3O. The number of hydrogen-bond acceptors (Lipinski definition) is 3. The van der Waals surface area contributed by atoms with Gasteiger partial charge in [-0.25, -0.2) is 4.98 Å². The summed E-state index contributed by atoms with van der Waals surface area (Å²) in [6.07, 6.45) is 6.27. The summed E-state index contributed by atoms with van der Waals surface area (Å²) in [4.78, 5) is 4.39. The van der Waals surface area contributed by atoms with Gasteiger partial charge in [-0.1, -0.05) is 23.7 Å². The second kappa shape index (κ2) is 5.97. The van der Waals surface area contributed by atoms with Crippen molar-refractivity contribution in [3.8, 4) is 17.0 Å². The normalized spacial score (nSPS) is 10.6. The fraction of sp³-hybridized carbons (Fsp3) is 0.125. The van der Waals surface area contributed by atoms with E-state index in [-0.39, 0.29) is 0 Å². The smallest absolute Gasteiger partial charge is 0.221 e. The Morgan fingerprint density at radius 3 is 2.81 bits per heavy atom.